The van der Waals surface area contributed by atoms with Crippen LogP contribution in [0.1, 0.15) is 0 Å². The molecule has 2 N–H and O–H groups in total. The van der Waals surface area contributed by atoms with Crippen LogP contribution in [-0.4, -0.2) is 0 Å². The maximum absolute atomic E-state index is 13.4. The van der Waals surface area contributed by atoms with Crippen LogP contribution in [0.15, 0.2) is 22.4 Å². The standard InChI is InChI=1S/C12H4F7N3/c13-3-1-4(14)8(18)11(7(3)17)21-22-12-9(19)5(15)2-6(16)10(12)20/h1-2H,20H2. The summed E-state index contributed by atoms with van der Waals surface area (Å²) in [5.41, 5.74) is 1.33. The predicted octanol–water partition coefficient (Wildman–Crippen LogP) is 4.66. The second-order valence-corrected chi connectivity index (χ2v) is 3.93. The summed E-state index contributed by atoms with van der Waals surface area (Å²) in [4.78, 5) is 0. The molecule has 0 aromatic heterocycles. The molecule has 0 aliphatic rings. The average Bonchev–Trinajstić information content (AvgIpc) is 2.46. The van der Waals surface area contributed by atoms with E-state index in [4.69, 9.17) is 5.73 Å². The quantitative estimate of drug-likeness (QED) is 0.372. The Morgan fingerprint density at radius 1 is 0.591 bits per heavy atom. The number of halogens is 7. The van der Waals surface area contributed by atoms with E-state index < -0.39 is 57.8 Å². The van der Waals surface area contributed by atoms with Crippen LogP contribution in [0.2, 0.25) is 0 Å². The Hall–Kier alpha value is -2.65. The number of nitrogen functional groups attached to an aromatic ring is 1. The summed E-state index contributed by atoms with van der Waals surface area (Å²) in [6, 6.07) is 0.0349. The Kier molecular flexibility index (Phi) is 4.02. The number of nitrogens with zero attached hydrogens (tertiary/aromatic N) is 2. The van der Waals surface area contributed by atoms with Gasteiger partial charge in [-0.1, -0.05) is 0 Å². The number of azo groups is 1. The molecule has 2 rings (SSSR count). The third kappa shape index (κ3) is 2.59. The molecule has 0 saturated heterocycles. The molecule has 2 aromatic rings. The minimum Gasteiger partial charge on any atom is -0.394 e. The normalized spacial score (nSPS) is 11.4. The monoisotopic (exact) mass is 323 g/mol. The molecule has 0 atom stereocenters. The smallest absolute Gasteiger partial charge is 0.189 e. The van der Waals surface area contributed by atoms with Crippen molar-refractivity contribution in [3.05, 3.63) is 52.9 Å². The van der Waals surface area contributed by atoms with Crippen LogP contribution in [0.4, 0.5) is 47.8 Å². The van der Waals surface area contributed by atoms with Gasteiger partial charge in [0.2, 0.25) is 0 Å². The lowest BCUT2D eigenvalue weighted by Gasteiger charge is -2.04. The first-order valence-electron chi connectivity index (χ1n) is 5.41. The van der Waals surface area contributed by atoms with E-state index in [1.54, 1.807) is 0 Å². The summed E-state index contributed by atoms with van der Waals surface area (Å²) in [5.74, 6) is -12.2. The molecule has 0 saturated carbocycles. The molecule has 0 unspecified atom stereocenters. The van der Waals surface area contributed by atoms with Crippen molar-refractivity contribution in [3.63, 3.8) is 0 Å². The Morgan fingerprint density at radius 2 is 0.955 bits per heavy atom. The highest BCUT2D eigenvalue weighted by molar-refractivity contribution is 5.64. The molecule has 0 bridgehead atoms. The fourth-order valence-corrected chi connectivity index (χ4v) is 1.44. The maximum atomic E-state index is 13.4. The van der Waals surface area contributed by atoms with Gasteiger partial charge >= 0.3 is 0 Å². The number of nitrogens with two attached hydrogens (primary N) is 1. The van der Waals surface area contributed by atoms with E-state index in [1.165, 1.54) is 0 Å². The first-order valence-corrected chi connectivity index (χ1v) is 5.41. The Balaban J connectivity index is 2.60. The highest BCUT2D eigenvalue weighted by atomic mass is 19.2. The van der Waals surface area contributed by atoms with Gasteiger partial charge < -0.3 is 5.73 Å². The fourth-order valence-electron chi connectivity index (χ4n) is 1.44. The average molecular weight is 323 g/mol. The summed E-state index contributed by atoms with van der Waals surface area (Å²) in [6.45, 7) is 0. The minimum atomic E-state index is -1.92. The van der Waals surface area contributed by atoms with Gasteiger partial charge in [0.05, 0.1) is 5.69 Å². The van der Waals surface area contributed by atoms with Gasteiger partial charge in [0.15, 0.2) is 52.1 Å². The number of anilines is 1. The lowest BCUT2D eigenvalue weighted by atomic mass is 10.2. The lowest BCUT2D eigenvalue weighted by molar-refractivity contribution is 0.456. The van der Waals surface area contributed by atoms with Crippen molar-refractivity contribution in [2.75, 3.05) is 5.73 Å². The molecule has 0 radical (unpaired) electrons. The zero-order chi connectivity index (χ0) is 16.6. The summed E-state index contributed by atoms with van der Waals surface area (Å²) < 4.78 is 92.0. The molecular weight excluding hydrogens is 319 g/mol. The largest absolute Gasteiger partial charge is 0.394 e. The number of benzene rings is 2. The first-order chi connectivity index (χ1) is 10.2. The Morgan fingerprint density at radius 3 is 1.45 bits per heavy atom. The van der Waals surface area contributed by atoms with E-state index in [-0.39, 0.29) is 12.1 Å². The molecule has 2 aromatic carbocycles. The molecule has 0 fully saturated rings. The van der Waals surface area contributed by atoms with E-state index >= 15 is 0 Å². The molecule has 0 spiro atoms. The first kappa shape index (κ1) is 15.7. The number of hydrogen-bond acceptors (Lipinski definition) is 3. The highest BCUT2D eigenvalue weighted by Crippen LogP contribution is 2.34. The van der Waals surface area contributed by atoms with Crippen molar-refractivity contribution in [1.82, 2.24) is 0 Å². The van der Waals surface area contributed by atoms with E-state index in [9.17, 15) is 30.7 Å². The summed E-state index contributed by atoms with van der Waals surface area (Å²) >= 11 is 0. The number of rotatable bonds is 2. The van der Waals surface area contributed by atoms with Crippen molar-refractivity contribution >= 4 is 17.1 Å². The summed E-state index contributed by atoms with van der Waals surface area (Å²) in [5, 5.41) is 5.58. The van der Waals surface area contributed by atoms with Gasteiger partial charge in [-0.25, -0.2) is 30.7 Å². The van der Waals surface area contributed by atoms with E-state index in [0.717, 1.165) is 0 Å². The van der Waals surface area contributed by atoms with Gasteiger partial charge in [-0.15, -0.1) is 10.2 Å². The van der Waals surface area contributed by atoms with Gasteiger partial charge in [-0.2, -0.15) is 0 Å². The molecular formula is C12H4F7N3. The maximum Gasteiger partial charge on any atom is 0.189 e. The van der Waals surface area contributed by atoms with E-state index in [0.29, 0.717) is 0 Å². The van der Waals surface area contributed by atoms with Crippen molar-refractivity contribution < 1.29 is 30.7 Å². The predicted molar refractivity (Wildman–Crippen MR) is 61.2 cm³/mol. The van der Waals surface area contributed by atoms with Crippen LogP contribution in [0.5, 0.6) is 0 Å². The SMILES string of the molecule is Nc1c(F)cc(F)c(F)c1N=Nc1c(F)c(F)cc(F)c1F. The molecule has 22 heavy (non-hydrogen) atoms. The fraction of sp³-hybridized carbons (Fsp3) is 0. The third-order valence-corrected chi connectivity index (χ3v) is 2.52. The third-order valence-electron chi connectivity index (χ3n) is 2.52. The van der Waals surface area contributed by atoms with Gasteiger partial charge in [0, 0.05) is 12.1 Å². The minimum absolute atomic E-state index is 0.0829. The van der Waals surface area contributed by atoms with Crippen LogP contribution >= 0.6 is 0 Å². The lowest BCUT2D eigenvalue weighted by Crippen LogP contribution is -1.97. The molecule has 10 heteroatoms. The summed E-state index contributed by atoms with van der Waals surface area (Å²) in [6.07, 6.45) is 0. The molecule has 116 valence electrons. The summed E-state index contributed by atoms with van der Waals surface area (Å²) in [7, 11) is 0. The zero-order valence-electron chi connectivity index (χ0n) is 10.3. The highest BCUT2D eigenvalue weighted by Gasteiger charge is 2.21. The zero-order valence-corrected chi connectivity index (χ0v) is 10.3. The second kappa shape index (κ2) is 5.62. The van der Waals surface area contributed by atoms with Crippen molar-refractivity contribution in [3.8, 4) is 0 Å². The van der Waals surface area contributed by atoms with Crippen LogP contribution < -0.4 is 5.73 Å². The molecule has 0 aliphatic carbocycles. The second-order valence-electron chi connectivity index (χ2n) is 3.93. The van der Waals surface area contributed by atoms with Crippen LogP contribution in [-0.2, 0) is 0 Å². The Bertz CT molecular complexity index is 671. The Labute approximate surface area is 117 Å². The van der Waals surface area contributed by atoms with Crippen LogP contribution in [0, 0.1) is 40.7 Å². The molecule has 0 aliphatic heterocycles. The van der Waals surface area contributed by atoms with Crippen molar-refractivity contribution in [2.24, 2.45) is 10.2 Å². The molecule has 0 amide bonds. The van der Waals surface area contributed by atoms with Crippen molar-refractivity contribution in [1.29, 1.82) is 0 Å². The molecule has 0 heterocycles. The van der Waals surface area contributed by atoms with Gasteiger partial charge in [-0.05, 0) is 0 Å². The van der Waals surface area contributed by atoms with Crippen LogP contribution in [0.25, 0.3) is 0 Å². The van der Waals surface area contributed by atoms with Gasteiger partial charge in [0.25, 0.3) is 0 Å². The van der Waals surface area contributed by atoms with Crippen LogP contribution in [0.3, 0.4) is 0 Å². The topological polar surface area (TPSA) is 50.7 Å². The van der Waals surface area contributed by atoms with Gasteiger partial charge in [0.1, 0.15) is 0 Å². The number of hydrogen-bond donors (Lipinski definition) is 1. The molecule has 3 nitrogen and oxygen atoms in total. The van der Waals surface area contributed by atoms with Crippen molar-refractivity contribution in [2.45, 2.75) is 0 Å². The van der Waals surface area contributed by atoms with E-state index in [1.807, 2.05) is 0 Å². The van der Waals surface area contributed by atoms with E-state index in [2.05, 4.69) is 10.2 Å². The van der Waals surface area contributed by atoms with Gasteiger partial charge in [-0.3, -0.25) is 0 Å².